The molecule has 4 nitrogen and oxygen atoms in total. The zero-order valence-corrected chi connectivity index (χ0v) is 13.9. The van der Waals surface area contributed by atoms with Crippen molar-refractivity contribution in [3.05, 3.63) is 60.2 Å². The highest BCUT2D eigenvalue weighted by molar-refractivity contribution is 5.85. The fourth-order valence-corrected chi connectivity index (χ4v) is 2.95. The number of benzene rings is 2. The van der Waals surface area contributed by atoms with Crippen LogP contribution in [0.2, 0.25) is 0 Å². The minimum Gasteiger partial charge on any atom is -0.381 e. The first-order valence-corrected chi connectivity index (χ1v) is 8.35. The topological polar surface area (TPSA) is 58.6 Å². The summed E-state index contributed by atoms with van der Waals surface area (Å²) in [6.45, 7) is 2.77. The molecule has 0 aromatic heterocycles. The maximum absolute atomic E-state index is 12.4. The Kier molecular flexibility index (Phi) is 4.97. The molecule has 2 aromatic carbocycles. The second-order valence-corrected chi connectivity index (χ2v) is 6.33. The Labute approximate surface area is 142 Å². The number of nitrogens with one attached hydrogen (secondary N) is 1. The van der Waals surface area contributed by atoms with Crippen LogP contribution < -0.4 is 5.32 Å². The van der Waals surface area contributed by atoms with Crippen LogP contribution >= 0.6 is 0 Å². The van der Waals surface area contributed by atoms with E-state index < -0.39 is 5.60 Å². The molecule has 1 atom stereocenters. The average molecular weight is 325 g/mol. The lowest BCUT2D eigenvalue weighted by molar-refractivity contribution is -0.150. The molecule has 1 aliphatic heterocycles. The van der Waals surface area contributed by atoms with Crippen LogP contribution in [-0.2, 0) is 9.53 Å². The number of ether oxygens (including phenoxy) is 1. The van der Waals surface area contributed by atoms with E-state index in [2.05, 4.69) is 29.6 Å². The van der Waals surface area contributed by atoms with Crippen molar-refractivity contribution in [1.82, 2.24) is 5.32 Å². The lowest BCUT2D eigenvalue weighted by Gasteiger charge is -2.31. The number of carbonyl (C=O) groups is 1. The van der Waals surface area contributed by atoms with Crippen LogP contribution in [0.4, 0.5) is 0 Å². The maximum Gasteiger partial charge on any atom is 0.252 e. The summed E-state index contributed by atoms with van der Waals surface area (Å²) < 4.78 is 5.22. The summed E-state index contributed by atoms with van der Waals surface area (Å²) in [7, 11) is 0. The first kappa shape index (κ1) is 16.7. The smallest absolute Gasteiger partial charge is 0.252 e. The van der Waals surface area contributed by atoms with Crippen LogP contribution in [0.5, 0.6) is 0 Å². The average Bonchev–Trinajstić information content (AvgIpc) is 2.63. The van der Waals surface area contributed by atoms with E-state index >= 15 is 0 Å². The highest BCUT2D eigenvalue weighted by Crippen LogP contribution is 2.24. The van der Waals surface area contributed by atoms with Crippen LogP contribution in [-0.4, -0.2) is 29.8 Å². The summed E-state index contributed by atoms with van der Waals surface area (Å²) in [5, 5.41) is 13.4. The number of amides is 1. The standard InChI is InChI=1S/C20H23NO3/c1-15(21-19(22)20(23)11-13-24-14-12-20)16-7-9-18(10-8-16)17-5-3-2-4-6-17/h2-10,15,23H,11-14H2,1H3,(H,21,22)/t15-/m1/s1. The lowest BCUT2D eigenvalue weighted by Crippen LogP contribution is -2.50. The van der Waals surface area contributed by atoms with E-state index in [1.54, 1.807) is 0 Å². The summed E-state index contributed by atoms with van der Waals surface area (Å²) in [6, 6.07) is 18.1. The Balaban J connectivity index is 1.67. The van der Waals surface area contributed by atoms with Gasteiger partial charge in [-0.1, -0.05) is 54.6 Å². The number of carbonyl (C=O) groups excluding carboxylic acids is 1. The second-order valence-electron chi connectivity index (χ2n) is 6.33. The van der Waals surface area contributed by atoms with Gasteiger partial charge in [0, 0.05) is 26.1 Å². The van der Waals surface area contributed by atoms with E-state index in [9.17, 15) is 9.90 Å². The monoisotopic (exact) mass is 325 g/mol. The molecule has 1 saturated heterocycles. The Morgan fingerprint density at radius 2 is 1.62 bits per heavy atom. The zero-order chi connectivity index (χ0) is 17.0. The van der Waals surface area contributed by atoms with Gasteiger partial charge in [0.15, 0.2) is 0 Å². The van der Waals surface area contributed by atoms with Crippen LogP contribution in [0.15, 0.2) is 54.6 Å². The quantitative estimate of drug-likeness (QED) is 0.908. The molecule has 24 heavy (non-hydrogen) atoms. The van der Waals surface area contributed by atoms with Gasteiger partial charge in [-0.15, -0.1) is 0 Å². The first-order valence-electron chi connectivity index (χ1n) is 8.35. The van der Waals surface area contributed by atoms with Crippen LogP contribution in [0.3, 0.4) is 0 Å². The van der Waals surface area contributed by atoms with Gasteiger partial charge in [-0.05, 0) is 23.6 Å². The fourth-order valence-electron chi connectivity index (χ4n) is 2.95. The van der Waals surface area contributed by atoms with Crippen LogP contribution in [0.25, 0.3) is 11.1 Å². The van der Waals surface area contributed by atoms with E-state index in [-0.39, 0.29) is 11.9 Å². The van der Waals surface area contributed by atoms with Crippen molar-refractivity contribution in [2.24, 2.45) is 0 Å². The van der Waals surface area contributed by atoms with E-state index in [4.69, 9.17) is 4.74 Å². The Bertz CT molecular complexity index is 676. The maximum atomic E-state index is 12.4. The third kappa shape index (κ3) is 3.66. The van der Waals surface area contributed by atoms with E-state index in [0.717, 1.165) is 16.7 Å². The summed E-state index contributed by atoms with van der Waals surface area (Å²) in [5.74, 6) is -0.314. The Morgan fingerprint density at radius 3 is 2.25 bits per heavy atom. The molecule has 126 valence electrons. The van der Waals surface area contributed by atoms with Crippen molar-refractivity contribution < 1.29 is 14.6 Å². The largest absolute Gasteiger partial charge is 0.381 e. The highest BCUT2D eigenvalue weighted by atomic mass is 16.5. The molecule has 4 heteroatoms. The molecule has 2 aromatic rings. The van der Waals surface area contributed by atoms with E-state index in [1.807, 2.05) is 37.3 Å². The van der Waals surface area contributed by atoms with E-state index in [1.165, 1.54) is 0 Å². The Morgan fingerprint density at radius 1 is 1.04 bits per heavy atom. The van der Waals surface area contributed by atoms with Crippen molar-refractivity contribution >= 4 is 5.91 Å². The van der Waals surface area contributed by atoms with Gasteiger partial charge in [-0.3, -0.25) is 4.79 Å². The summed E-state index contributed by atoms with van der Waals surface area (Å²) in [5.41, 5.74) is 2.01. The molecule has 1 fully saturated rings. The predicted octanol–water partition coefficient (Wildman–Crippen LogP) is 3.07. The number of hydrogen-bond donors (Lipinski definition) is 2. The summed E-state index contributed by atoms with van der Waals surface area (Å²) >= 11 is 0. The fraction of sp³-hybridized carbons (Fsp3) is 0.350. The summed E-state index contributed by atoms with van der Waals surface area (Å²) in [4.78, 5) is 12.4. The normalized spacial score (nSPS) is 17.9. The van der Waals surface area contributed by atoms with Crippen molar-refractivity contribution in [2.45, 2.75) is 31.4 Å². The second kappa shape index (κ2) is 7.16. The minimum atomic E-state index is -1.31. The van der Waals surface area contributed by atoms with E-state index in [0.29, 0.717) is 26.1 Å². The van der Waals surface area contributed by atoms with Gasteiger partial charge in [0.05, 0.1) is 6.04 Å². The number of aliphatic hydroxyl groups is 1. The van der Waals surface area contributed by atoms with Gasteiger partial charge >= 0.3 is 0 Å². The van der Waals surface area contributed by atoms with Crippen molar-refractivity contribution in [2.75, 3.05) is 13.2 Å². The van der Waals surface area contributed by atoms with Crippen LogP contribution in [0, 0.1) is 0 Å². The molecule has 0 aliphatic carbocycles. The van der Waals surface area contributed by atoms with Crippen LogP contribution in [0.1, 0.15) is 31.4 Å². The molecule has 1 heterocycles. The highest BCUT2D eigenvalue weighted by Gasteiger charge is 2.38. The lowest BCUT2D eigenvalue weighted by atomic mass is 9.92. The van der Waals surface area contributed by atoms with Crippen molar-refractivity contribution in [3.8, 4) is 11.1 Å². The molecule has 0 radical (unpaired) electrons. The molecule has 1 aliphatic rings. The van der Waals surface area contributed by atoms with Gasteiger partial charge in [-0.25, -0.2) is 0 Å². The molecular weight excluding hydrogens is 302 g/mol. The molecule has 1 amide bonds. The summed E-state index contributed by atoms with van der Waals surface area (Å²) in [6.07, 6.45) is 0.691. The van der Waals surface area contributed by atoms with Gasteiger partial charge < -0.3 is 15.2 Å². The first-order chi connectivity index (χ1) is 11.6. The van der Waals surface area contributed by atoms with Gasteiger partial charge in [-0.2, -0.15) is 0 Å². The minimum absolute atomic E-state index is 0.158. The number of hydrogen-bond acceptors (Lipinski definition) is 3. The molecule has 2 N–H and O–H groups in total. The Hall–Kier alpha value is -2.17. The van der Waals surface area contributed by atoms with Gasteiger partial charge in [0.1, 0.15) is 5.60 Å². The molecule has 0 spiro atoms. The number of rotatable bonds is 4. The molecular formula is C20H23NO3. The predicted molar refractivity (Wildman–Crippen MR) is 93.4 cm³/mol. The van der Waals surface area contributed by atoms with Gasteiger partial charge in [0.25, 0.3) is 5.91 Å². The third-order valence-electron chi connectivity index (χ3n) is 4.61. The molecule has 0 bridgehead atoms. The zero-order valence-electron chi connectivity index (χ0n) is 13.9. The molecule has 3 rings (SSSR count). The van der Waals surface area contributed by atoms with Crippen molar-refractivity contribution in [3.63, 3.8) is 0 Å². The SMILES string of the molecule is C[C@@H](NC(=O)C1(O)CCOCC1)c1ccc(-c2ccccc2)cc1. The van der Waals surface area contributed by atoms with Gasteiger partial charge in [0.2, 0.25) is 0 Å². The molecule has 0 unspecified atom stereocenters. The molecule has 0 saturated carbocycles. The van der Waals surface area contributed by atoms with Crippen molar-refractivity contribution in [1.29, 1.82) is 0 Å². The third-order valence-corrected chi connectivity index (χ3v) is 4.61.